The fraction of sp³-hybridized carbons (Fsp3) is 0.943. The van der Waals surface area contributed by atoms with Gasteiger partial charge < -0.3 is 14.2 Å². The highest BCUT2D eigenvalue weighted by Crippen LogP contribution is 2.18. The summed E-state index contributed by atoms with van der Waals surface area (Å²) in [6.07, 6.45) is 46.5. The van der Waals surface area contributed by atoms with Crippen molar-refractivity contribution in [3.05, 3.63) is 0 Å². The molecule has 6 nitrogen and oxygen atoms in total. The van der Waals surface area contributed by atoms with Crippen LogP contribution in [0.2, 0.25) is 0 Å². The van der Waals surface area contributed by atoms with Crippen molar-refractivity contribution < 1.29 is 28.6 Å². The standard InChI is InChI=1S/C53H102O6/c1-6-8-9-10-11-12-17-23-28-33-38-43-51(54)57-46-50(47-58-52(55)44-39-34-29-25-20-21-26-31-36-41-48(3)4)59-53(56)45-40-35-30-24-19-16-14-13-15-18-22-27-32-37-42-49(5)7-2/h48-50H,6-47H2,1-5H3/t49?,50-/m1/s1. The molecule has 59 heavy (non-hydrogen) atoms. The summed E-state index contributed by atoms with van der Waals surface area (Å²) in [4.78, 5) is 37.9. The van der Waals surface area contributed by atoms with Gasteiger partial charge in [-0.05, 0) is 31.1 Å². The van der Waals surface area contributed by atoms with Gasteiger partial charge in [0.2, 0.25) is 0 Å². The van der Waals surface area contributed by atoms with Crippen LogP contribution in [0.1, 0.15) is 291 Å². The molecule has 0 aliphatic carbocycles. The summed E-state index contributed by atoms with van der Waals surface area (Å²) in [5.41, 5.74) is 0. The average Bonchev–Trinajstić information content (AvgIpc) is 3.22. The van der Waals surface area contributed by atoms with Gasteiger partial charge in [0.1, 0.15) is 13.2 Å². The lowest BCUT2D eigenvalue weighted by atomic mass is 9.99. The first-order valence-corrected chi connectivity index (χ1v) is 26.3. The molecule has 0 spiro atoms. The maximum absolute atomic E-state index is 12.8. The highest BCUT2D eigenvalue weighted by Gasteiger charge is 2.19. The fourth-order valence-corrected chi connectivity index (χ4v) is 7.96. The maximum atomic E-state index is 12.8. The van der Waals surface area contributed by atoms with Gasteiger partial charge in [-0.3, -0.25) is 14.4 Å². The van der Waals surface area contributed by atoms with Crippen molar-refractivity contribution in [3.8, 4) is 0 Å². The van der Waals surface area contributed by atoms with Gasteiger partial charge in [0.05, 0.1) is 0 Å². The van der Waals surface area contributed by atoms with Crippen molar-refractivity contribution in [3.63, 3.8) is 0 Å². The molecular weight excluding hydrogens is 733 g/mol. The van der Waals surface area contributed by atoms with E-state index in [0.717, 1.165) is 69.6 Å². The van der Waals surface area contributed by atoms with Crippen LogP contribution in [0.25, 0.3) is 0 Å². The van der Waals surface area contributed by atoms with E-state index in [1.165, 1.54) is 180 Å². The zero-order valence-electron chi connectivity index (χ0n) is 40.4. The molecule has 0 rings (SSSR count). The van der Waals surface area contributed by atoms with Crippen LogP contribution in [0.4, 0.5) is 0 Å². The van der Waals surface area contributed by atoms with E-state index in [9.17, 15) is 14.4 Å². The number of rotatable bonds is 47. The van der Waals surface area contributed by atoms with E-state index in [2.05, 4.69) is 34.6 Å². The molecule has 0 saturated heterocycles. The zero-order chi connectivity index (χ0) is 43.3. The summed E-state index contributed by atoms with van der Waals surface area (Å²) in [5.74, 6) is 0.854. The monoisotopic (exact) mass is 835 g/mol. The molecule has 0 aromatic carbocycles. The van der Waals surface area contributed by atoms with E-state index in [1.807, 2.05) is 0 Å². The Hall–Kier alpha value is -1.59. The molecule has 0 saturated carbocycles. The van der Waals surface area contributed by atoms with Gasteiger partial charge in [-0.2, -0.15) is 0 Å². The molecule has 0 aromatic rings. The van der Waals surface area contributed by atoms with Crippen LogP contribution >= 0.6 is 0 Å². The SMILES string of the molecule is CCCCCCCCCCCCCC(=O)OC[C@H](COC(=O)CCCCCCCCCCCC(C)C)OC(=O)CCCCCCCCCCCCCCCCC(C)CC. The number of carbonyl (C=O) groups is 3. The van der Waals surface area contributed by atoms with Crippen molar-refractivity contribution in [1.29, 1.82) is 0 Å². The third kappa shape index (κ3) is 45.8. The minimum Gasteiger partial charge on any atom is -0.462 e. The molecule has 0 bridgehead atoms. The zero-order valence-corrected chi connectivity index (χ0v) is 40.4. The number of esters is 3. The summed E-state index contributed by atoms with van der Waals surface area (Å²) < 4.78 is 16.8. The first-order valence-electron chi connectivity index (χ1n) is 26.3. The minimum absolute atomic E-state index is 0.0637. The molecule has 0 N–H and O–H groups in total. The van der Waals surface area contributed by atoms with E-state index < -0.39 is 6.10 Å². The van der Waals surface area contributed by atoms with Crippen molar-refractivity contribution in [2.45, 2.75) is 298 Å². The number of hydrogen-bond acceptors (Lipinski definition) is 6. The Morgan fingerprint density at radius 1 is 0.356 bits per heavy atom. The van der Waals surface area contributed by atoms with Crippen LogP contribution < -0.4 is 0 Å². The summed E-state index contributed by atoms with van der Waals surface area (Å²) in [7, 11) is 0. The van der Waals surface area contributed by atoms with Crippen molar-refractivity contribution >= 4 is 17.9 Å². The number of unbranched alkanes of at least 4 members (excludes halogenated alkanes) is 31. The third-order valence-electron chi connectivity index (χ3n) is 12.3. The highest BCUT2D eigenvalue weighted by molar-refractivity contribution is 5.71. The smallest absolute Gasteiger partial charge is 0.306 e. The van der Waals surface area contributed by atoms with Gasteiger partial charge in [-0.15, -0.1) is 0 Å². The quantitative estimate of drug-likeness (QED) is 0.0345. The van der Waals surface area contributed by atoms with E-state index >= 15 is 0 Å². The van der Waals surface area contributed by atoms with Crippen LogP contribution in [0.5, 0.6) is 0 Å². The lowest BCUT2D eigenvalue weighted by Crippen LogP contribution is -2.30. The van der Waals surface area contributed by atoms with Gasteiger partial charge in [0, 0.05) is 19.3 Å². The number of ether oxygens (including phenoxy) is 3. The molecule has 2 atom stereocenters. The lowest BCUT2D eigenvalue weighted by Gasteiger charge is -2.18. The van der Waals surface area contributed by atoms with Crippen molar-refractivity contribution in [2.75, 3.05) is 13.2 Å². The molecule has 0 aromatic heterocycles. The Kier molecular flexibility index (Phi) is 44.7. The third-order valence-corrected chi connectivity index (χ3v) is 12.3. The average molecular weight is 835 g/mol. The maximum Gasteiger partial charge on any atom is 0.306 e. The van der Waals surface area contributed by atoms with Crippen molar-refractivity contribution in [2.24, 2.45) is 11.8 Å². The molecular formula is C53H102O6. The molecule has 0 aliphatic heterocycles. The summed E-state index contributed by atoms with van der Waals surface area (Å²) in [6, 6.07) is 0. The van der Waals surface area contributed by atoms with Gasteiger partial charge in [-0.1, -0.05) is 253 Å². The van der Waals surface area contributed by atoms with E-state index in [0.29, 0.717) is 19.3 Å². The Labute approximate surface area is 368 Å². The summed E-state index contributed by atoms with van der Waals surface area (Å²) in [6.45, 7) is 11.4. The molecule has 1 unspecified atom stereocenters. The van der Waals surface area contributed by atoms with Gasteiger partial charge in [0.15, 0.2) is 6.10 Å². The Bertz CT molecular complexity index is 902. The fourth-order valence-electron chi connectivity index (χ4n) is 7.96. The molecule has 0 radical (unpaired) electrons. The molecule has 350 valence electrons. The second-order valence-electron chi connectivity index (χ2n) is 18.9. The van der Waals surface area contributed by atoms with E-state index in [-0.39, 0.29) is 31.1 Å². The molecule has 0 aliphatic rings. The van der Waals surface area contributed by atoms with Crippen LogP contribution in [-0.4, -0.2) is 37.2 Å². The van der Waals surface area contributed by atoms with Crippen LogP contribution in [0, 0.1) is 11.8 Å². The van der Waals surface area contributed by atoms with Crippen molar-refractivity contribution in [1.82, 2.24) is 0 Å². The topological polar surface area (TPSA) is 78.9 Å². The first kappa shape index (κ1) is 57.4. The van der Waals surface area contributed by atoms with E-state index in [1.54, 1.807) is 0 Å². The van der Waals surface area contributed by atoms with E-state index in [4.69, 9.17) is 14.2 Å². The summed E-state index contributed by atoms with van der Waals surface area (Å²) in [5, 5.41) is 0. The molecule has 0 fully saturated rings. The van der Waals surface area contributed by atoms with Gasteiger partial charge in [0.25, 0.3) is 0 Å². The van der Waals surface area contributed by atoms with Gasteiger partial charge >= 0.3 is 17.9 Å². The number of hydrogen-bond donors (Lipinski definition) is 0. The second kappa shape index (κ2) is 45.9. The Morgan fingerprint density at radius 2 is 0.644 bits per heavy atom. The minimum atomic E-state index is -0.761. The first-order chi connectivity index (χ1) is 28.8. The second-order valence-corrected chi connectivity index (χ2v) is 18.9. The highest BCUT2D eigenvalue weighted by atomic mass is 16.6. The molecule has 0 heterocycles. The van der Waals surface area contributed by atoms with Gasteiger partial charge in [-0.25, -0.2) is 0 Å². The van der Waals surface area contributed by atoms with Crippen LogP contribution in [0.3, 0.4) is 0 Å². The van der Waals surface area contributed by atoms with Crippen LogP contribution in [-0.2, 0) is 28.6 Å². The lowest BCUT2D eigenvalue weighted by molar-refractivity contribution is -0.167. The predicted octanol–water partition coefficient (Wildman–Crippen LogP) is 16.9. The Morgan fingerprint density at radius 3 is 0.966 bits per heavy atom. The van der Waals surface area contributed by atoms with Crippen LogP contribution in [0.15, 0.2) is 0 Å². The molecule has 6 heteroatoms. The normalized spacial score (nSPS) is 12.5. The largest absolute Gasteiger partial charge is 0.462 e. The molecule has 0 amide bonds. The summed E-state index contributed by atoms with van der Waals surface area (Å²) >= 11 is 0. The predicted molar refractivity (Wildman–Crippen MR) is 252 cm³/mol. The Balaban J connectivity index is 4.29. The number of carbonyl (C=O) groups excluding carboxylic acids is 3.